The maximum Gasteiger partial charge on any atom is 0.341 e. The molecule has 1 aromatic heterocycles. The van der Waals surface area contributed by atoms with Crippen molar-refractivity contribution in [3.05, 3.63) is 35.0 Å². The molecular weight excluding hydrogens is 555 g/mol. The van der Waals surface area contributed by atoms with Crippen LogP contribution in [0.5, 0.6) is 5.75 Å². The summed E-state index contributed by atoms with van der Waals surface area (Å²) in [6.07, 6.45) is -0.777. The minimum absolute atomic E-state index is 0.0125. The quantitative estimate of drug-likeness (QED) is 0.328. The molecule has 11 nitrogen and oxygen atoms in total. The predicted molar refractivity (Wildman–Crippen MR) is 148 cm³/mol. The molecule has 222 valence electrons. The summed E-state index contributed by atoms with van der Waals surface area (Å²) in [5.41, 5.74) is 1.05. The highest BCUT2D eigenvalue weighted by Crippen LogP contribution is 2.40. The van der Waals surface area contributed by atoms with Crippen LogP contribution in [0.1, 0.15) is 51.3 Å². The molecule has 1 aliphatic carbocycles. The number of β-amino-alcohol motifs (C(OH)–C–C–N with tert-alkyl or cyclic N) is 1. The van der Waals surface area contributed by atoms with Crippen LogP contribution >= 0.6 is 11.3 Å². The van der Waals surface area contributed by atoms with Gasteiger partial charge in [0.1, 0.15) is 17.8 Å². The van der Waals surface area contributed by atoms with E-state index in [2.05, 4.69) is 15.6 Å². The number of aliphatic carboxylic acids is 1. The van der Waals surface area contributed by atoms with Crippen LogP contribution in [-0.2, 0) is 25.7 Å². The number of nitrogens with zero attached hydrogens (tertiary/aromatic N) is 2. The van der Waals surface area contributed by atoms with E-state index in [-0.39, 0.29) is 38.1 Å². The van der Waals surface area contributed by atoms with Gasteiger partial charge in [0.05, 0.1) is 22.2 Å². The Morgan fingerprint density at radius 1 is 1.27 bits per heavy atom. The van der Waals surface area contributed by atoms with Crippen molar-refractivity contribution < 1.29 is 38.5 Å². The summed E-state index contributed by atoms with van der Waals surface area (Å²) >= 11 is 1.43. The Kier molecular flexibility index (Phi) is 8.69. The molecule has 3 amide bonds. The van der Waals surface area contributed by atoms with Crippen molar-refractivity contribution in [2.45, 2.75) is 77.4 Å². The monoisotopic (exact) mass is 590 g/mol. The van der Waals surface area contributed by atoms with E-state index < -0.39 is 59.6 Å². The summed E-state index contributed by atoms with van der Waals surface area (Å²) in [4.78, 5) is 56.9. The van der Waals surface area contributed by atoms with Gasteiger partial charge in [0.25, 0.3) is 5.91 Å². The molecule has 4 N–H and O–H groups in total. The van der Waals surface area contributed by atoms with Gasteiger partial charge in [-0.05, 0) is 36.8 Å². The van der Waals surface area contributed by atoms with E-state index in [1.54, 1.807) is 38.4 Å². The number of carbonyl (C=O) groups is 4. The van der Waals surface area contributed by atoms with Crippen molar-refractivity contribution in [2.75, 3.05) is 13.2 Å². The summed E-state index contributed by atoms with van der Waals surface area (Å²) in [5.74, 6) is -2.86. The van der Waals surface area contributed by atoms with Crippen molar-refractivity contribution in [3.63, 3.8) is 0 Å². The molecule has 2 heterocycles. The van der Waals surface area contributed by atoms with E-state index in [1.807, 2.05) is 13.0 Å². The van der Waals surface area contributed by atoms with E-state index >= 15 is 0 Å². The first kappa shape index (κ1) is 30.4. The van der Waals surface area contributed by atoms with Crippen LogP contribution in [0.4, 0.5) is 4.39 Å². The third-order valence-corrected chi connectivity index (χ3v) is 8.21. The van der Waals surface area contributed by atoms with Gasteiger partial charge in [0.2, 0.25) is 11.8 Å². The van der Waals surface area contributed by atoms with E-state index in [9.17, 15) is 28.7 Å². The number of hydrogen-bond acceptors (Lipinski definition) is 8. The second kappa shape index (κ2) is 11.7. The molecule has 0 spiro atoms. The number of hydrogen-bond donors (Lipinski definition) is 4. The van der Waals surface area contributed by atoms with Crippen molar-refractivity contribution in [1.82, 2.24) is 20.5 Å². The van der Waals surface area contributed by atoms with Crippen molar-refractivity contribution >= 4 is 35.0 Å². The topological polar surface area (TPSA) is 158 Å². The molecule has 1 saturated heterocycles. The van der Waals surface area contributed by atoms with Gasteiger partial charge >= 0.3 is 5.97 Å². The lowest BCUT2D eigenvalue weighted by atomic mass is 9.85. The van der Waals surface area contributed by atoms with Crippen LogP contribution in [0.25, 0.3) is 10.4 Å². The number of carbonyl (C=O) groups excluding carboxylic acids is 3. The molecule has 0 bridgehead atoms. The van der Waals surface area contributed by atoms with Gasteiger partial charge in [-0.15, -0.1) is 11.3 Å². The number of nitrogens with one attached hydrogen (secondary N) is 2. The smallest absolute Gasteiger partial charge is 0.341 e. The Balaban J connectivity index is 1.50. The number of carboxylic acids is 1. The highest BCUT2D eigenvalue weighted by Gasteiger charge is 2.53. The summed E-state index contributed by atoms with van der Waals surface area (Å²) in [6.45, 7) is 6.31. The molecule has 41 heavy (non-hydrogen) atoms. The highest BCUT2D eigenvalue weighted by atomic mass is 32.1. The van der Waals surface area contributed by atoms with E-state index in [1.165, 1.54) is 16.2 Å². The summed E-state index contributed by atoms with van der Waals surface area (Å²) in [6, 6.07) is 3.09. The molecule has 1 aliphatic heterocycles. The van der Waals surface area contributed by atoms with Gasteiger partial charge < -0.3 is 30.5 Å². The number of aliphatic hydroxyl groups excluding tert-OH is 1. The molecule has 1 saturated carbocycles. The zero-order valence-corrected chi connectivity index (χ0v) is 24.2. The largest absolute Gasteiger partial charge is 0.482 e. The number of aromatic nitrogens is 1. The second-order valence-electron chi connectivity index (χ2n) is 11.6. The Hall–Kier alpha value is -3.58. The third kappa shape index (κ3) is 7.02. The van der Waals surface area contributed by atoms with Crippen LogP contribution in [0.2, 0.25) is 0 Å². The first-order valence-corrected chi connectivity index (χ1v) is 14.2. The van der Waals surface area contributed by atoms with Crippen molar-refractivity contribution in [2.24, 2.45) is 5.41 Å². The number of halogens is 1. The molecule has 0 radical (unpaired) electrons. The van der Waals surface area contributed by atoms with E-state index in [4.69, 9.17) is 9.84 Å². The minimum atomic E-state index is -1.97. The summed E-state index contributed by atoms with van der Waals surface area (Å²) < 4.78 is 19.9. The maximum atomic E-state index is 14.4. The number of aryl methyl sites for hydroxylation is 1. The Morgan fingerprint density at radius 2 is 1.98 bits per heavy atom. The standard InChI is InChI=1S/C28H35FN4O7S/c1-15-22(41-14-31-15)16-5-6-17(20(9-16)40-13-21(35)36)11-30-24(37)19-10-18(34)12-33(19)25(38)23(27(2,3)4)32-26(39)28(29)7-8-28/h5-6,9,14,18-19,23,34H,7-8,10-13H2,1-4H3,(H,30,37)(H,32,39)(H,35,36)/t18-,19+,23-/m1/s1. The lowest BCUT2D eigenvalue weighted by Gasteiger charge is -2.35. The molecule has 13 heteroatoms. The first-order valence-electron chi connectivity index (χ1n) is 13.3. The van der Waals surface area contributed by atoms with E-state index in [0.717, 1.165) is 16.1 Å². The fourth-order valence-corrected chi connectivity index (χ4v) is 5.51. The zero-order valence-electron chi connectivity index (χ0n) is 23.4. The van der Waals surface area contributed by atoms with Crippen molar-refractivity contribution in [3.8, 4) is 16.2 Å². The Morgan fingerprint density at radius 3 is 2.56 bits per heavy atom. The molecule has 4 rings (SSSR count). The zero-order chi connectivity index (χ0) is 30.1. The maximum absolute atomic E-state index is 14.4. The average molecular weight is 591 g/mol. The molecule has 2 fully saturated rings. The molecule has 2 aromatic rings. The number of rotatable bonds is 10. The van der Waals surface area contributed by atoms with Gasteiger partial charge in [-0.1, -0.05) is 32.9 Å². The fraction of sp³-hybridized carbons (Fsp3) is 0.536. The average Bonchev–Trinajstić information content (AvgIpc) is 3.31. The highest BCUT2D eigenvalue weighted by molar-refractivity contribution is 7.13. The van der Waals surface area contributed by atoms with Gasteiger partial charge in [-0.25, -0.2) is 14.2 Å². The lowest BCUT2D eigenvalue weighted by Crippen LogP contribution is -2.59. The normalized spacial score (nSPS) is 20.3. The fourth-order valence-electron chi connectivity index (χ4n) is 4.71. The van der Waals surface area contributed by atoms with Crippen LogP contribution in [0, 0.1) is 12.3 Å². The van der Waals surface area contributed by atoms with Crippen molar-refractivity contribution in [1.29, 1.82) is 0 Å². The Bertz CT molecular complexity index is 1340. The second-order valence-corrected chi connectivity index (χ2v) is 12.5. The van der Waals surface area contributed by atoms with Gasteiger partial charge in [0.15, 0.2) is 12.3 Å². The number of aliphatic hydroxyl groups is 1. The summed E-state index contributed by atoms with van der Waals surface area (Å²) in [7, 11) is 0. The number of carboxylic acid groups (broad SMARTS) is 1. The third-order valence-electron chi connectivity index (χ3n) is 7.23. The predicted octanol–water partition coefficient (Wildman–Crippen LogP) is 2.19. The molecular formula is C28H35FN4O7S. The summed E-state index contributed by atoms with van der Waals surface area (Å²) in [5, 5.41) is 24.8. The number of alkyl halides is 1. The van der Waals surface area contributed by atoms with Crippen LogP contribution in [0.3, 0.4) is 0 Å². The lowest BCUT2D eigenvalue weighted by molar-refractivity contribution is -0.145. The van der Waals surface area contributed by atoms with Crippen LogP contribution in [0.15, 0.2) is 23.7 Å². The molecule has 0 unspecified atom stereocenters. The molecule has 2 aliphatic rings. The number of benzene rings is 1. The SMILES string of the molecule is Cc1ncsc1-c1ccc(CNC(=O)[C@@H]2C[C@@H](O)CN2C(=O)[C@@H](NC(=O)C2(F)CC2)C(C)(C)C)c(OCC(=O)O)c1. The number of ether oxygens (including phenoxy) is 1. The molecule has 3 atom stereocenters. The van der Waals surface area contributed by atoms with Crippen LogP contribution < -0.4 is 15.4 Å². The van der Waals surface area contributed by atoms with Gasteiger partial charge in [-0.2, -0.15) is 0 Å². The van der Waals surface area contributed by atoms with E-state index in [0.29, 0.717) is 5.56 Å². The number of thiazole rings is 1. The van der Waals surface area contributed by atoms with Gasteiger partial charge in [0, 0.05) is 25.1 Å². The first-order chi connectivity index (χ1) is 19.2. The number of likely N-dealkylation sites (tertiary alicyclic amines) is 1. The molecule has 1 aromatic carbocycles. The Labute approximate surface area is 241 Å². The minimum Gasteiger partial charge on any atom is -0.482 e. The van der Waals surface area contributed by atoms with Gasteiger partial charge in [-0.3, -0.25) is 14.4 Å². The number of amides is 3. The van der Waals surface area contributed by atoms with Crippen LogP contribution in [-0.4, -0.2) is 80.8 Å².